The second-order valence-electron chi connectivity index (χ2n) is 5.15. The van der Waals surface area contributed by atoms with Crippen LogP contribution < -0.4 is 0 Å². The number of carbonyl (C=O) groups is 1. The molecule has 20 heavy (non-hydrogen) atoms. The van der Waals surface area contributed by atoms with Gasteiger partial charge in [-0.25, -0.2) is 4.79 Å². The molecule has 1 atom stereocenters. The summed E-state index contributed by atoms with van der Waals surface area (Å²) in [4.78, 5) is 12.3. The minimum Gasteiger partial charge on any atom is -0.459 e. The van der Waals surface area contributed by atoms with Crippen LogP contribution in [0.2, 0.25) is 0 Å². The summed E-state index contributed by atoms with van der Waals surface area (Å²) in [5, 5.41) is 0. The molecule has 0 aliphatic carbocycles. The zero-order chi connectivity index (χ0) is 14.4. The highest BCUT2D eigenvalue weighted by Gasteiger charge is 2.24. The molecule has 1 heterocycles. The number of hydrogen-bond donors (Lipinski definition) is 0. The Morgan fingerprint density at radius 3 is 2.75 bits per heavy atom. The number of ether oxygens (including phenoxy) is 3. The summed E-state index contributed by atoms with van der Waals surface area (Å²) in [6.07, 6.45) is 1.82. The molecule has 0 unspecified atom stereocenters. The monoisotopic (exact) mass is 278 g/mol. The number of methoxy groups -OCH3 is 1. The molecule has 1 aliphatic rings. The van der Waals surface area contributed by atoms with E-state index in [4.69, 9.17) is 14.2 Å². The van der Waals surface area contributed by atoms with E-state index in [-0.39, 0.29) is 12.1 Å². The van der Waals surface area contributed by atoms with E-state index in [9.17, 15) is 4.79 Å². The lowest BCUT2D eigenvalue weighted by Gasteiger charge is -2.27. The number of benzene rings is 1. The SMILES string of the molecule is COCc1ccccc1C(=O)O[C@@H](C)C1CCOCC1. The van der Waals surface area contributed by atoms with Crippen molar-refractivity contribution in [2.75, 3.05) is 20.3 Å². The molecule has 0 aromatic heterocycles. The van der Waals surface area contributed by atoms with Crippen molar-refractivity contribution in [3.05, 3.63) is 35.4 Å². The van der Waals surface area contributed by atoms with Crippen LogP contribution in [-0.4, -0.2) is 32.4 Å². The first-order chi connectivity index (χ1) is 9.72. The van der Waals surface area contributed by atoms with Gasteiger partial charge in [0.25, 0.3) is 0 Å². The Labute approximate surface area is 120 Å². The molecule has 0 bridgehead atoms. The minimum absolute atomic E-state index is 0.0815. The molecule has 2 rings (SSSR count). The molecule has 1 aliphatic heterocycles. The molecule has 0 spiro atoms. The van der Waals surface area contributed by atoms with Gasteiger partial charge < -0.3 is 14.2 Å². The lowest BCUT2D eigenvalue weighted by Crippen LogP contribution is -2.29. The summed E-state index contributed by atoms with van der Waals surface area (Å²) in [6.45, 7) is 3.89. The summed E-state index contributed by atoms with van der Waals surface area (Å²) in [5.74, 6) is 0.124. The predicted octanol–water partition coefficient (Wildman–Crippen LogP) is 2.80. The van der Waals surface area contributed by atoms with Crippen LogP contribution in [0, 0.1) is 5.92 Å². The molecule has 0 amide bonds. The van der Waals surface area contributed by atoms with Gasteiger partial charge in [0.1, 0.15) is 6.10 Å². The molecule has 1 saturated heterocycles. The van der Waals surface area contributed by atoms with Crippen LogP contribution in [0.5, 0.6) is 0 Å². The lowest BCUT2D eigenvalue weighted by molar-refractivity contribution is -0.0120. The summed E-state index contributed by atoms with van der Waals surface area (Å²) in [5.41, 5.74) is 1.45. The van der Waals surface area contributed by atoms with Crippen molar-refractivity contribution in [2.45, 2.75) is 32.5 Å². The van der Waals surface area contributed by atoms with Crippen molar-refractivity contribution >= 4 is 5.97 Å². The summed E-state index contributed by atoms with van der Waals surface area (Å²) in [6, 6.07) is 7.41. The van der Waals surface area contributed by atoms with Crippen LogP contribution in [0.3, 0.4) is 0 Å². The standard InChI is InChI=1S/C16H22O4/c1-12(13-7-9-19-10-8-13)20-16(17)15-6-4-3-5-14(15)11-18-2/h3-6,12-13H,7-11H2,1-2H3/t12-/m0/s1. The quantitative estimate of drug-likeness (QED) is 0.777. The average molecular weight is 278 g/mol. The lowest BCUT2D eigenvalue weighted by atomic mass is 9.95. The predicted molar refractivity (Wildman–Crippen MR) is 75.6 cm³/mol. The summed E-state index contributed by atoms with van der Waals surface area (Å²) < 4.78 is 16.1. The largest absolute Gasteiger partial charge is 0.459 e. The molecule has 1 aromatic rings. The van der Waals surface area contributed by atoms with Gasteiger partial charge in [-0.05, 0) is 31.4 Å². The van der Waals surface area contributed by atoms with Crippen molar-refractivity contribution in [3.63, 3.8) is 0 Å². The summed E-state index contributed by atoms with van der Waals surface area (Å²) in [7, 11) is 1.62. The van der Waals surface area contributed by atoms with E-state index in [1.165, 1.54) is 0 Å². The Balaban J connectivity index is 2.00. The van der Waals surface area contributed by atoms with Gasteiger partial charge in [0.15, 0.2) is 0 Å². The number of carbonyl (C=O) groups excluding carboxylic acids is 1. The summed E-state index contributed by atoms with van der Waals surface area (Å²) >= 11 is 0. The van der Waals surface area contributed by atoms with Gasteiger partial charge in [0.2, 0.25) is 0 Å². The topological polar surface area (TPSA) is 44.8 Å². The van der Waals surface area contributed by atoms with E-state index in [1.807, 2.05) is 25.1 Å². The van der Waals surface area contributed by atoms with Crippen LogP contribution in [-0.2, 0) is 20.8 Å². The van der Waals surface area contributed by atoms with E-state index in [1.54, 1.807) is 13.2 Å². The number of esters is 1. The minimum atomic E-state index is -0.267. The molecule has 0 saturated carbocycles. The smallest absolute Gasteiger partial charge is 0.338 e. The fraction of sp³-hybridized carbons (Fsp3) is 0.562. The van der Waals surface area contributed by atoms with E-state index < -0.39 is 0 Å². The van der Waals surface area contributed by atoms with E-state index in [0.717, 1.165) is 31.6 Å². The maximum Gasteiger partial charge on any atom is 0.338 e. The second kappa shape index (κ2) is 7.41. The van der Waals surface area contributed by atoms with E-state index in [2.05, 4.69) is 0 Å². The highest BCUT2D eigenvalue weighted by atomic mass is 16.5. The van der Waals surface area contributed by atoms with Crippen LogP contribution in [0.15, 0.2) is 24.3 Å². The molecular formula is C16H22O4. The van der Waals surface area contributed by atoms with Crippen LogP contribution in [0.1, 0.15) is 35.7 Å². The Bertz CT molecular complexity index is 438. The molecule has 4 heteroatoms. The third kappa shape index (κ3) is 3.81. The highest BCUT2D eigenvalue weighted by molar-refractivity contribution is 5.91. The molecule has 0 radical (unpaired) electrons. The van der Waals surface area contributed by atoms with Crippen molar-refractivity contribution in [1.29, 1.82) is 0 Å². The van der Waals surface area contributed by atoms with Gasteiger partial charge in [-0.3, -0.25) is 0 Å². The highest BCUT2D eigenvalue weighted by Crippen LogP contribution is 2.22. The van der Waals surface area contributed by atoms with Crippen molar-refractivity contribution in [3.8, 4) is 0 Å². The van der Waals surface area contributed by atoms with Gasteiger partial charge in [0.05, 0.1) is 12.2 Å². The molecular weight excluding hydrogens is 256 g/mol. The Hall–Kier alpha value is -1.39. The van der Waals surface area contributed by atoms with Crippen LogP contribution in [0.4, 0.5) is 0 Å². The third-order valence-electron chi connectivity index (χ3n) is 3.76. The Morgan fingerprint density at radius 2 is 2.05 bits per heavy atom. The maximum absolute atomic E-state index is 12.3. The molecule has 1 fully saturated rings. The van der Waals surface area contributed by atoms with Crippen LogP contribution in [0.25, 0.3) is 0 Å². The van der Waals surface area contributed by atoms with Crippen molar-refractivity contribution in [2.24, 2.45) is 5.92 Å². The van der Waals surface area contributed by atoms with Crippen molar-refractivity contribution < 1.29 is 19.0 Å². The Kier molecular flexibility index (Phi) is 5.56. The zero-order valence-corrected chi connectivity index (χ0v) is 12.1. The van der Waals surface area contributed by atoms with Gasteiger partial charge >= 0.3 is 5.97 Å². The molecule has 4 nitrogen and oxygen atoms in total. The Morgan fingerprint density at radius 1 is 1.35 bits per heavy atom. The number of hydrogen-bond acceptors (Lipinski definition) is 4. The fourth-order valence-electron chi connectivity index (χ4n) is 2.51. The zero-order valence-electron chi connectivity index (χ0n) is 12.1. The number of rotatable bonds is 5. The molecule has 1 aromatic carbocycles. The van der Waals surface area contributed by atoms with Crippen LogP contribution >= 0.6 is 0 Å². The third-order valence-corrected chi connectivity index (χ3v) is 3.76. The van der Waals surface area contributed by atoms with E-state index >= 15 is 0 Å². The first kappa shape index (κ1) is 15.0. The second-order valence-corrected chi connectivity index (χ2v) is 5.15. The molecule has 110 valence electrons. The van der Waals surface area contributed by atoms with Gasteiger partial charge in [-0.2, -0.15) is 0 Å². The first-order valence-electron chi connectivity index (χ1n) is 7.08. The molecule has 0 N–H and O–H groups in total. The van der Waals surface area contributed by atoms with E-state index in [0.29, 0.717) is 18.1 Å². The normalized spacial score (nSPS) is 17.7. The van der Waals surface area contributed by atoms with Gasteiger partial charge in [-0.15, -0.1) is 0 Å². The van der Waals surface area contributed by atoms with Crippen molar-refractivity contribution in [1.82, 2.24) is 0 Å². The van der Waals surface area contributed by atoms with Gasteiger partial charge in [0, 0.05) is 26.2 Å². The fourth-order valence-corrected chi connectivity index (χ4v) is 2.51. The first-order valence-corrected chi connectivity index (χ1v) is 7.08. The maximum atomic E-state index is 12.3. The average Bonchev–Trinajstić information content (AvgIpc) is 2.49. The van der Waals surface area contributed by atoms with Gasteiger partial charge in [-0.1, -0.05) is 18.2 Å².